The highest BCUT2D eigenvalue weighted by molar-refractivity contribution is 4.94. The van der Waals surface area contributed by atoms with E-state index in [2.05, 4.69) is 37.9 Å². The first kappa shape index (κ1) is 15.9. The van der Waals surface area contributed by atoms with E-state index in [0.29, 0.717) is 12.1 Å². The number of aliphatic hydroxyl groups is 1. The van der Waals surface area contributed by atoms with Crippen molar-refractivity contribution in [1.82, 2.24) is 10.2 Å². The van der Waals surface area contributed by atoms with Crippen LogP contribution in [-0.4, -0.2) is 47.3 Å². The Morgan fingerprint density at radius 1 is 1.28 bits per heavy atom. The van der Waals surface area contributed by atoms with Crippen molar-refractivity contribution in [2.24, 2.45) is 0 Å². The first-order valence-electron chi connectivity index (χ1n) is 7.67. The summed E-state index contributed by atoms with van der Waals surface area (Å²) < 4.78 is 0. The number of hydrogen-bond acceptors (Lipinski definition) is 3. The maximum absolute atomic E-state index is 9.67. The molecule has 0 amide bonds. The molecule has 2 N–H and O–H groups in total. The molecule has 1 aliphatic rings. The first-order chi connectivity index (χ1) is 8.54. The van der Waals surface area contributed by atoms with Crippen molar-refractivity contribution in [3.8, 4) is 0 Å². The predicted molar refractivity (Wildman–Crippen MR) is 77.9 cm³/mol. The van der Waals surface area contributed by atoms with Gasteiger partial charge in [0.25, 0.3) is 0 Å². The van der Waals surface area contributed by atoms with E-state index < -0.39 is 0 Å². The highest BCUT2D eigenvalue weighted by Crippen LogP contribution is 2.25. The summed E-state index contributed by atoms with van der Waals surface area (Å²) in [5.41, 5.74) is -0.111. The van der Waals surface area contributed by atoms with Gasteiger partial charge in [-0.15, -0.1) is 0 Å². The zero-order valence-corrected chi connectivity index (χ0v) is 12.7. The van der Waals surface area contributed by atoms with Crippen LogP contribution >= 0.6 is 0 Å². The molecule has 3 heteroatoms. The van der Waals surface area contributed by atoms with Gasteiger partial charge in [0.05, 0.1) is 6.61 Å². The van der Waals surface area contributed by atoms with Crippen molar-refractivity contribution in [2.75, 3.05) is 19.7 Å². The number of hydrogen-bond donors (Lipinski definition) is 2. The molecule has 2 unspecified atom stereocenters. The van der Waals surface area contributed by atoms with Crippen LogP contribution in [0.25, 0.3) is 0 Å². The minimum atomic E-state index is -0.111. The van der Waals surface area contributed by atoms with E-state index in [1.165, 1.54) is 38.8 Å². The molecule has 1 rings (SSSR count). The Balaban J connectivity index is 2.48. The summed E-state index contributed by atoms with van der Waals surface area (Å²) in [6, 6.07) is 1.19. The Morgan fingerprint density at radius 2 is 1.83 bits per heavy atom. The fourth-order valence-corrected chi connectivity index (χ4v) is 2.80. The number of nitrogens with one attached hydrogen (secondary N) is 1. The second kappa shape index (κ2) is 7.46. The lowest BCUT2D eigenvalue weighted by atomic mass is 9.93. The molecular weight excluding hydrogens is 224 g/mol. The number of rotatable bonds is 10. The molecule has 0 heterocycles. The summed E-state index contributed by atoms with van der Waals surface area (Å²) in [7, 11) is 0. The average molecular weight is 256 g/mol. The van der Waals surface area contributed by atoms with E-state index in [1.54, 1.807) is 0 Å². The quantitative estimate of drug-likeness (QED) is 0.630. The Kier molecular flexibility index (Phi) is 6.61. The van der Waals surface area contributed by atoms with Gasteiger partial charge in [-0.25, -0.2) is 0 Å². The van der Waals surface area contributed by atoms with Gasteiger partial charge in [-0.3, -0.25) is 0 Å². The van der Waals surface area contributed by atoms with Crippen molar-refractivity contribution < 1.29 is 5.11 Å². The molecule has 2 atom stereocenters. The smallest absolute Gasteiger partial charge is 0.0611 e. The van der Waals surface area contributed by atoms with Gasteiger partial charge < -0.3 is 15.3 Å². The SMILES string of the molecule is CCCN(CCC)C(C)CC(C)(CO)NC1CC1. The number of aliphatic hydroxyl groups excluding tert-OH is 1. The fraction of sp³-hybridized carbons (Fsp3) is 1.00. The van der Waals surface area contributed by atoms with Gasteiger partial charge in [0.2, 0.25) is 0 Å². The van der Waals surface area contributed by atoms with Crippen molar-refractivity contribution in [3.05, 3.63) is 0 Å². The van der Waals surface area contributed by atoms with Crippen LogP contribution < -0.4 is 5.32 Å². The predicted octanol–water partition coefficient (Wildman–Crippen LogP) is 2.39. The van der Waals surface area contributed by atoms with E-state index in [1.807, 2.05) is 0 Å². The molecule has 3 nitrogen and oxygen atoms in total. The molecule has 0 aromatic rings. The first-order valence-corrected chi connectivity index (χ1v) is 7.67. The van der Waals surface area contributed by atoms with Crippen LogP contribution in [-0.2, 0) is 0 Å². The van der Waals surface area contributed by atoms with Gasteiger partial charge in [-0.05, 0) is 59.0 Å². The topological polar surface area (TPSA) is 35.5 Å². The summed E-state index contributed by atoms with van der Waals surface area (Å²) >= 11 is 0. The molecule has 0 spiro atoms. The Hall–Kier alpha value is -0.120. The maximum atomic E-state index is 9.67. The van der Waals surface area contributed by atoms with E-state index in [4.69, 9.17) is 0 Å². The molecule has 0 radical (unpaired) electrons. The van der Waals surface area contributed by atoms with Crippen molar-refractivity contribution >= 4 is 0 Å². The molecule has 0 saturated heterocycles. The Morgan fingerprint density at radius 3 is 2.22 bits per heavy atom. The largest absolute Gasteiger partial charge is 0.394 e. The van der Waals surface area contributed by atoms with Crippen LogP contribution in [0.15, 0.2) is 0 Å². The normalized spacial score (nSPS) is 21.0. The number of nitrogens with zero attached hydrogens (tertiary/aromatic N) is 1. The monoisotopic (exact) mass is 256 g/mol. The minimum absolute atomic E-state index is 0.111. The fourth-order valence-electron chi connectivity index (χ4n) is 2.80. The van der Waals surface area contributed by atoms with Gasteiger partial charge in [-0.1, -0.05) is 13.8 Å². The lowest BCUT2D eigenvalue weighted by molar-refractivity contribution is 0.113. The summed E-state index contributed by atoms with van der Waals surface area (Å²) in [4.78, 5) is 2.56. The van der Waals surface area contributed by atoms with Crippen LogP contribution in [0.5, 0.6) is 0 Å². The van der Waals surface area contributed by atoms with Crippen LogP contribution in [0.1, 0.15) is 59.8 Å². The summed E-state index contributed by atoms with van der Waals surface area (Å²) in [6.07, 6.45) is 5.99. The molecular formula is C15H32N2O. The van der Waals surface area contributed by atoms with Crippen molar-refractivity contribution in [2.45, 2.75) is 77.4 Å². The second-order valence-corrected chi connectivity index (χ2v) is 6.23. The van der Waals surface area contributed by atoms with Crippen LogP contribution in [0.3, 0.4) is 0 Å². The van der Waals surface area contributed by atoms with Gasteiger partial charge >= 0.3 is 0 Å². The molecule has 0 aromatic heterocycles. The van der Waals surface area contributed by atoms with Gasteiger partial charge in [0.15, 0.2) is 0 Å². The van der Waals surface area contributed by atoms with Crippen LogP contribution in [0.4, 0.5) is 0 Å². The summed E-state index contributed by atoms with van der Waals surface area (Å²) in [5.74, 6) is 0. The Labute approximate surface area is 113 Å². The highest BCUT2D eigenvalue weighted by Gasteiger charge is 2.33. The summed E-state index contributed by atoms with van der Waals surface area (Å²) in [6.45, 7) is 11.5. The molecule has 0 aromatic carbocycles. The van der Waals surface area contributed by atoms with E-state index in [-0.39, 0.29) is 12.1 Å². The molecule has 1 aliphatic carbocycles. The second-order valence-electron chi connectivity index (χ2n) is 6.23. The highest BCUT2D eigenvalue weighted by atomic mass is 16.3. The molecule has 1 saturated carbocycles. The lowest BCUT2D eigenvalue weighted by Gasteiger charge is -2.37. The average Bonchev–Trinajstić information content (AvgIpc) is 3.12. The third-order valence-corrected chi connectivity index (χ3v) is 3.87. The third-order valence-electron chi connectivity index (χ3n) is 3.87. The van der Waals surface area contributed by atoms with E-state index >= 15 is 0 Å². The molecule has 108 valence electrons. The molecule has 1 fully saturated rings. The van der Waals surface area contributed by atoms with Gasteiger partial charge in [0, 0.05) is 17.6 Å². The zero-order valence-electron chi connectivity index (χ0n) is 12.7. The zero-order chi connectivity index (χ0) is 13.6. The van der Waals surface area contributed by atoms with Crippen LogP contribution in [0.2, 0.25) is 0 Å². The molecule has 0 aliphatic heterocycles. The van der Waals surface area contributed by atoms with Gasteiger partial charge in [0.1, 0.15) is 0 Å². The molecule has 18 heavy (non-hydrogen) atoms. The minimum Gasteiger partial charge on any atom is -0.394 e. The van der Waals surface area contributed by atoms with Crippen molar-refractivity contribution in [1.29, 1.82) is 0 Å². The van der Waals surface area contributed by atoms with Gasteiger partial charge in [-0.2, -0.15) is 0 Å². The molecule has 0 bridgehead atoms. The maximum Gasteiger partial charge on any atom is 0.0611 e. The third kappa shape index (κ3) is 5.25. The van der Waals surface area contributed by atoms with E-state index in [9.17, 15) is 5.11 Å². The standard InChI is InChI=1S/C15H32N2O/c1-5-9-17(10-6-2)13(3)11-15(4,12-18)16-14-7-8-14/h13-14,16,18H,5-12H2,1-4H3. The van der Waals surface area contributed by atoms with Crippen LogP contribution in [0, 0.1) is 0 Å². The van der Waals surface area contributed by atoms with Crippen molar-refractivity contribution in [3.63, 3.8) is 0 Å². The Bertz CT molecular complexity index is 225. The lowest BCUT2D eigenvalue weighted by Crippen LogP contribution is -2.51. The summed E-state index contributed by atoms with van der Waals surface area (Å²) in [5, 5.41) is 13.3. The van der Waals surface area contributed by atoms with E-state index in [0.717, 1.165) is 6.42 Å².